The normalized spacial score (nSPS) is 12.7. The minimum atomic E-state index is 0.0774. The van der Waals surface area contributed by atoms with Crippen LogP contribution in [0.4, 0.5) is 0 Å². The highest BCUT2D eigenvalue weighted by Crippen LogP contribution is 2.27. The Morgan fingerprint density at radius 2 is 1.88 bits per heavy atom. The molecule has 1 aromatic heterocycles. The molecule has 1 aromatic carbocycles. The Morgan fingerprint density at radius 1 is 1.24 bits per heavy atom. The van der Waals surface area contributed by atoms with Gasteiger partial charge in [0.05, 0.1) is 0 Å². The third kappa shape index (κ3) is 3.09. The summed E-state index contributed by atoms with van der Waals surface area (Å²) in [6.45, 7) is 4.27. The number of rotatable bonds is 3. The van der Waals surface area contributed by atoms with E-state index in [2.05, 4.69) is 19.9 Å². The van der Waals surface area contributed by atoms with E-state index >= 15 is 0 Å². The fourth-order valence-corrected chi connectivity index (χ4v) is 2.93. The summed E-state index contributed by atoms with van der Waals surface area (Å²) in [5.74, 6) is 0. The lowest BCUT2D eigenvalue weighted by Gasteiger charge is -2.09. The second-order valence-corrected chi connectivity index (χ2v) is 6.05. The Hall–Kier alpha value is -0.830. The Kier molecular flexibility index (Phi) is 3.87. The van der Waals surface area contributed by atoms with Gasteiger partial charge in [-0.1, -0.05) is 23.7 Å². The third-order valence-corrected chi connectivity index (χ3v) is 4.46. The van der Waals surface area contributed by atoms with Crippen molar-refractivity contribution in [1.29, 1.82) is 0 Å². The molecule has 0 saturated carbocycles. The molecule has 17 heavy (non-hydrogen) atoms. The van der Waals surface area contributed by atoms with Gasteiger partial charge in [-0.25, -0.2) is 0 Å². The van der Waals surface area contributed by atoms with E-state index in [1.54, 1.807) is 11.3 Å². The first-order valence-electron chi connectivity index (χ1n) is 5.63. The molecule has 0 spiro atoms. The monoisotopic (exact) mass is 265 g/mol. The van der Waals surface area contributed by atoms with Gasteiger partial charge in [-0.2, -0.15) is 0 Å². The zero-order chi connectivity index (χ0) is 12.4. The fourth-order valence-electron chi connectivity index (χ4n) is 1.76. The number of aryl methyl sites for hydroxylation is 2. The van der Waals surface area contributed by atoms with E-state index in [-0.39, 0.29) is 6.04 Å². The van der Waals surface area contributed by atoms with Crippen LogP contribution in [0.3, 0.4) is 0 Å². The standard InChI is InChI=1S/C14H16ClNS/c1-9-7-14(17-10(9)2)13(16)8-11-3-5-12(15)6-4-11/h3-7,13H,8,16H2,1-2H3. The van der Waals surface area contributed by atoms with Crippen molar-refractivity contribution < 1.29 is 0 Å². The second kappa shape index (κ2) is 5.21. The Bertz CT molecular complexity index is 482. The van der Waals surface area contributed by atoms with Crippen LogP contribution in [0.15, 0.2) is 30.3 Å². The maximum absolute atomic E-state index is 6.22. The number of nitrogens with two attached hydrogens (primary N) is 1. The van der Waals surface area contributed by atoms with E-state index in [9.17, 15) is 0 Å². The van der Waals surface area contributed by atoms with Crippen LogP contribution >= 0.6 is 22.9 Å². The molecular weight excluding hydrogens is 250 g/mol. The average Bonchev–Trinajstić information content (AvgIpc) is 2.63. The fraction of sp³-hybridized carbons (Fsp3) is 0.286. The Balaban J connectivity index is 2.11. The zero-order valence-electron chi connectivity index (χ0n) is 10.0. The van der Waals surface area contributed by atoms with Gasteiger partial charge in [0.25, 0.3) is 0 Å². The van der Waals surface area contributed by atoms with Gasteiger partial charge in [-0.05, 0) is 49.6 Å². The predicted octanol–water partition coefficient (Wildman–Crippen LogP) is 4.26. The first-order valence-corrected chi connectivity index (χ1v) is 6.82. The molecule has 0 radical (unpaired) electrons. The summed E-state index contributed by atoms with van der Waals surface area (Å²) in [5.41, 5.74) is 8.78. The molecule has 0 amide bonds. The lowest BCUT2D eigenvalue weighted by atomic mass is 10.1. The van der Waals surface area contributed by atoms with Gasteiger partial charge in [0.15, 0.2) is 0 Å². The van der Waals surface area contributed by atoms with Crippen LogP contribution in [0.1, 0.15) is 26.9 Å². The van der Waals surface area contributed by atoms with Crippen LogP contribution in [0.25, 0.3) is 0 Å². The average molecular weight is 266 g/mol. The summed E-state index contributed by atoms with van der Waals surface area (Å²) in [6.07, 6.45) is 0.858. The maximum atomic E-state index is 6.22. The minimum absolute atomic E-state index is 0.0774. The van der Waals surface area contributed by atoms with Crippen molar-refractivity contribution in [3.63, 3.8) is 0 Å². The van der Waals surface area contributed by atoms with Gasteiger partial charge in [0.1, 0.15) is 0 Å². The van der Waals surface area contributed by atoms with E-state index in [1.165, 1.54) is 20.9 Å². The molecule has 3 heteroatoms. The minimum Gasteiger partial charge on any atom is -0.323 e. The highest BCUT2D eigenvalue weighted by Gasteiger charge is 2.11. The van der Waals surface area contributed by atoms with Crippen LogP contribution in [-0.2, 0) is 6.42 Å². The van der Waals surface area contributed by atoms with Crippen molar-refractivity contribution in [3.05, 3.63) is 56.2 Å². The third-order valence-electron chi connectivity index (χ3n) is 2.92. The molecule has 2 rings (SSSR count). The Labute approximate surface area is 111 Å². The highest BCUT2D eigenvalue weighted by molar-refractivity contribution is 7.12. The Morgan fingerprint density at radius 3 is 2.41 bits per heavy atom. The number of halogens is 1. The van der Waals surface area contributed by atoms with Crippen molar-refractivity contribution in [3.8, 4) is 0 Å². The molecule has 0 aliphatic heterocycles. The number of thiophene rings is 1. The molecule has 2 aromatic rings. The molecule has 0 fully saturated rings. The van der Waals surface area contributed by atoms with E-state index in [0.29, 0.717) is 0 Å². The quantitative estimate of drug-likeness (QED) is 0.882. The topological polar surface area (TPSA) is 26.0 Å². The summed E-state index contributed by atoms with van der Waals surface area (Å²) in [4.78, 5) is 2.61. The van der Waals surface area contributed by atoms with Gasteiger partial charge >= 0.3 is 0 Å². The lowest BCUT2D eigenvalue weighted by Crippen LogP contribution is -2.11. The van der Waals surface area contributed by atoms with E-state index in [0.717, 1.165) is 11.4 Å². The molecule has 2 N–H and O–H groups in total. The number of hydrogen-bond donors (Lipinski definition) is 1. The molecule has 1 heterocycles. The first-order chi connectivity index (χ1) is 8.06. The summed E-state index contributed by atoms with van der Waals surface area (Å²) >= 11 is 7.65. The van der Waals surface area contributed by atoms with Gasteiger partial charge in [0, 0.05) is 20.8 Å². The van der Waals surface area contributed by atoms with Crippen molar-refractivity contribution in [2.24, 2.45) is 5.73 Å². The smallest absolute Gasteiger partial charge is 0.0430 e. The molecule has 1 unspecified atom stereocenters. The van der Waals surface area contributed by atoms with Crippen molar-refractivity contribution >= 4 is 22.9 Å². The zero-order valence-corrected chi connectivity index (χ0v) is 11.6. The number of benzene rings is 1. The van der Waals surface area contributed by atoms with E-state index in [1.807, 2.05) is 24.3 Å². The highest BCUT2D eigenvalue weighted by atomic mass is 35.5. The molecule has 0 saturated heterocycles. The molecule has 90 valence electrons. The molecular formula is C14H16ClNS. The second-order valence-electron chi connectivity index (χ2n) is 4.33. The van der Waals surface area contributed by atoms with Crippen LogP contribution in [0.2, 0.25) is 5.02 Å². The van der Waals surface area contributed by atoms with E-state index in [4.69, 9.17) is 17.3 Å². The van der Waals surface area contributed by atoms with Crippen molar-refractivity contribution in [2.45, 2.75) is 26.3 Å². The van der Waals surface area contributed by atoms with Crippen molar-refractivity contribution in [2.75, 3.05) is 0 Å². The summed E-state index contributed by atoms with van der Waals surface area (Å²) in [6, 6.07) is 10.2. The molecule has 0 bridgehead atoms. The summed E-state index contributed by atoms with van der Waals surface area (Å²) < 4.78 is 0. The van der Waals surface area contributed by atoms with Crippen LogP contribution in [0.5, 0.6) is 0 Å². The van der Waals surface area contributed by atoms with E-state index < -0.39 is 0 Å². The molecule has 1 nitrogen and oxygen atoms in total. The van der Waals surface area contributed by atoms with Gasteiger partial charge in [0.2, 0.25) is 0 Å². The SMILES string of the molecule is Cc1cc(C(N)Cc2ccc(Cl)cc2)sc1C. The number of hydrogen-bond acceptors (Lipinski definition) is 2. The lowest BCUT2D eigenvalue weighted by molar-refractivity contribution is 0.736. The van der Waals surface area contributed by atoms with Crippen LogP contribution in [-0.4, -0.2) is 0 Å². The molecule has 1 atom stereocenters. The summed E-state index contributed by atoms with van der Waals surface area (Å²) in [7, 11) is 0. The largest absolute Gasteiger partial charge is 0.323 e. The molecule has 0 aliphatic rings. The summed E-state index contributed by atoms with van der Waals surface area (Å²) in [5, 5.41) is 0.769. The van der Waals surface area contributed by atoms with Gasteiger partial charge in [-0.15, -0.1) is 11.3 Å². The van der Waals surface area contributed by atoms with Gasteiger partial charge in [-0.3, -0.25) is 0 Å². The van der Waals surface area contributed by atoms with Crippen LogP contribution < -0.4 is 5.73 Å². The maximum Gasteiger partial charge on any atom is 0.0430 e. The van der Waals surface area contributed by atoms with Crippen molar-refractivity contribution in [1.82, 2.24) is 0 Å². The predicted molar refractivity (Wildman–Crippen MR) is 75.9 cm³/mol. The molecule has 0 aliphatic carbocycles. The van der Waals surface area contributed by atoms with Gasteiger partial charge < -0.3 is 5.73 Å². The first kappa shape index (κ1) is 12.6. The van der Waals surface area contributed by atoms with Crippen LogP contribution in [0, 0.1) is 13.8 Å².